The summed E-state index contributed by atoms with van der Waals surface area (Å²) in [6.45, 7) is 3.46. The summed E-state index contributed by atoms with van der Waals surface area (Å²) in [5.41, 5.74) is 8.29. The quantitative estimate of drug-likeness (QED) is 0.851. The molecule has 0 unspecified atom stereocenters. The van der Waals surface area contributed by atoms with Crippen molar-refractivity contribution in [3.8, 4) is 6.07 Å². The van der Waals surface area contributed by atoms with Gasteiger partial charge in [-0.05, 0) is 55.3 Å². The molecule has 0 heterocycles. The van der Waals surface area contributed by atoms with E-state index in [1.807, 2.05) is 6.07 Å². The van der Waals surface area contributed by atoms with Gasteiger partial charge in [-0.15, -0.1) is 0 Å². The van der Waals surface area contributed by atoms with Gasteiger partial charge in [-0.2, -0.15) is 5.26 Å². The summed E-state index contributed by atoms with van der Waals surface area (Å²) in [7, 11) is -3.75. The minimum absolute atomic E-state index is 0.0952. The molecule has 0 fully saturated rings. The monoisotopic (exact) mass is 301 g/mol. The fourth-order valence-electron chi connectivity index (χ4n) is 1.96. The van der Waals surface area contributed by atoms with Crippen LogP contribution in [0.3, 0.4) is 0 Å². The van der Waals surface area contributed by atoms with Crippen LogP contribution in [-0.4, -0.2) is 8.42 Å². The third kappa shape index (κ3) is 3.15. The van der Waals surface area contributed by atoms with Crippen molar-refractivity contribution in [3.05, 3.63) is 53.1 Å². The van der Waals surface area contributed by atoms with E-state index in [0.29, 0.717) is 22.5 Å². The standard InChI is InChI=1S/C15H15N3O2S/c1-10-3-4-12(9-16)8-15(10)21(19,20)18-14-6-5-13(17)7-11(14)2/h3-8,18H,17H2,1-2H3. The normalized spacial score (nSPS) is 10.9. The van der Waals surface area contributed by atoms with Crippen molar-refractivity contribution in [2.75, 3.05) is 10.5 Å². The lowest BCUT2D eigenvalue weighted by molar-refractivity contribution is 0.600. The lowest BCUT2D eigenvalue weighted by Crippen LogP contribution is -2.15. The van der Waals surface area contributed by atoms with Crippen molar-refractivity contribution in [2.24, 2.45) is 0 Å². The Hall–Kier alpha value is -2.52. The van der Waals surface area contributed by atoms with Crippen LogP contribution < -0.4 is 10.5 Å². The summed E-state index contributed by atoms with van der Waals surface area (Å²) >= 11 is 0. The Balaban J connectivity index is 2.46. The first kappa shape index (κ1) is 14.9. The van der Waals surface area contributed by atoms with Crippen LogP contribution >= 0.6 is 0 Å². The molecule has 0 spiro atoms. The van der Waals surface area contributed by atoms with Crippen LogP contribution in [-0.2, 0) is 10.0 Å². The smallest absolute Gasteiger partial charge is 0.262 e. The highest BCUT2D eigenvalue weighted by molar-refractivity contribution is 7.92. The van der Waals surface area contributed by atoms with Crippen LogP contribution in [0.15, 0.2) is 41.3 Å². The predicted molar refractivity (Wildman–Crippen MR) is 82.3 cm³/mol. The molecule has 21 heavy (non-hydrogen) atoms. The number of nitrogens with one attached hydrogen (secondary N) is 1. The number of hydrogen-bond donors (Lipinski definition) is 2. The molecule has 0 radical (unpaired) electrons. The maximum absolute atomic E-state index is 12.5. The molecule has 5 nitrogen and oxygen atoms in total. The van der Waals surface area contributed by atoms with E-state index in [4.69, 9.17) is 11.0 Å². The van der Waals surface area contributed by atoms with Gasteiger partial charge in [-0.1, -0.05) is 6.07 Å². The zero-order chi connectivity index (χ0) is 15.6. The van der Waals surface area contributed by atoms with Crippen molar-refractivity contribution >= 4 is 21.4 Å². The number of sulfonamides is 1. The van der Waals surface area contributed by atoms with Gasteiger partial charge in [-0.3, -0.25) is 4.72 Å². The van der Waals surface area contributed by atoms with Crippen molar-refractivity contribution in [1.29, 1.82) is 5.26 Å². The second-order valence-electron chi connectivity index (χ2n) is 4.77. The minimum Gasteiger partial charge on any atom is -0.399 e. The van der Waals surface area contributed by atoms with Gasteiger partial charge < -0.3 is 5.73 Å². The Morgan fingerprint density at radius 1 is 1.10 bits per heavy atom. The SMILES string of the molecule is Cc1cc(N)ccc1NS(=O)(=O)c1cc(C#N)ccc1C. The first-order valence-electron chi connectivity index (χ1n) is 6.23. The van der Waals surface area contributed by atoms with Crippen LogP contribution in [0.1, 0.15) is 16.7 Å². The van der Waals surface area contributed by atoms with E-state index in [-0.39, 0.29) is 4.90 Å². The third-order valence-corrected chi connectivity index (χ3v) is 4.61. The predicted octanol–water partition coefficient (Wildman–Crippen LogP) is 2.56. The lowest BCUT2D eigenvalue weighted by atomic mass is 10.2. The molecule has 0 amide bonds. The highest BCUT2D eigenvalue weighted by Gasteiger charge is 2.18. The second kappa shape index (κ2) is 5.46. The first-order valence-corrected chi connectivity index (χ1v) is 7.71. The van der Waals surface area contributed by atoms with Crippen LogP contribution in [0.4, 0.5) is 11.4 Å². The van der Waals surface area contributed by atoms with Gasteiger partial charge in [-0.25, -0.2) is 8.42 Å². The maximum atomic E-state index is 12.5. The molecule has 2 aromatic rings. The average Bonchev–Trinajstić information content (AvgIpc) is 2.42. The van der Waals surface area contributed by atoms with Crippen LogP contribution in [0.2, 0.25) is 0 Å². The summed E-state index contributed by atoms with van der Waals surface area (Å²) in [5, 5.41) is 8.90. The highest BCUT2D eigenvalue weighted by Crippen LogP contribution is 2.24. The average molecular weight is 301 g/mol. The number of nitrogen functional groups attached to an aromatic ring is 1. The van der Waals surface area contributed by atoms with Gasteiger partial charge in [0, 0.05) is 5.69 Å². The number of anilines is 2. The molecule has 3 N–H and O–H groups in total. The van der Waals surface area contributed by atoms with E-state index >= 15 is 0 Å². The third-order valence-electron chi connectivity index (χ3n) is 3.10. The number of nitriles is 1. The Morgan fingerprint density at radius 2 is 1.81 bits per heavy atom. The topological polar surface area (TPSA) is 96.0 Å². The van der Waals surface area contributed by atoms with E-state index in [9.17, 15) is 8.42 Å². The first-order chi connectivity index (χ1) is 9.83. The molecular weight excluding hydrogens is 286 g/mol. The van der Waals surface area contributed by atoms with Crippen LogP contribution in [0.5, 0.6) is 0 Å². The molecule has 0 aliphatic heterocycles. The van der Waals surface area contributed by atoms with Crippen molar-refractivity contribution in [2.45, 2.75) is 18.7 Å². The van der Waals surface area contributed by atoms with E-state index in [0.717, 1.165) is 5.56 Å². The molecular formula is C15H15N3O2S. The maximum Gasteiger partial charge on any atom is 0.262 e. The molecule has 0 atom stereocenters. The van der Waals surface area contributed by atoms with Crippen LogP contribution in [0, 0.1) is 25.2 Å². The van der Waals surface area contributed by atoms with Gasteiger partial charge in [0.15, 0.2) is 0 Å². The zero-order valence-corrected chi connectivity index (χ0v) is 12.5. The molecule has 2 rings (SSSR count). The molecule has 0 saturated heterocycles. The summed E-state index contributed by atoms with van der Waals surface area (Å²) in [6.07, 6.45) is 0. The fourth-order valence-corrected chi connectivity index (χ4v) is 3.36. The number of rotatable bonds is 3. The lowest BCUT2D eigenvalue weighted by Gasteiger charge is -2.13. The molecule has 0 aliphatic carbocycles. The number of benzene rings is 2. The van der Waals surface area contributed by atoms with Gasteiger partial charge >= 0.3 is 0 Å². The number of hydrogen-bond acceptors (Lipinski definition) is 4. The van der Waals surface area contributed by atoms with Crippen LogP contribution in [0.25, 0.3) is 0 Å². The molecule has 6 heteroatoms. The fraction of sp³-hybridized carbons (Fsp3) is 0.133. The molecule has 108 valence electrons. The highest BCUT2D eigenvalue weighted by atomic mass is 32.2. The minimum atomic E-state index is -3.75. The Morgan fingerprint density at radius 3 is 2.43 bits per heavy atom. The van der Waals surface area contributed by atoms with Gasteiger partial charge in [0.25, 0.3) is 10.0 Å². The summed E-state index contributed by atoms with van der Waals surface area (Å²) in [6, 6.07) is 11.4. The molecule has 2 aromatic carbocycles. The van der Waals surface area contributed by atoms with E-state index in [2.05, 4.69) is 4.72 Å². The van der Waals surface area contributed by atoms with Gasteiger partial charge in [0.05, 0.1) is 22.2 Å². The van der Waals surface area contributed by atoms with Gasteiger partial charge in [0.1, 0.15) is 0 Å². The molecule has 0 aromatic heterocycles. The number of nitrogens with zero attached hydrogens (tertiary/aromatic N) is 1. The zero-order valence-electron chi connectivity index (χ0n) is 11.7. The van der Waals surface area contributed by atoms with Gasteiger partial charge in [0.2, 0.25) is 0 Å². The van der Waals surface area contributed by atoms with Crippen molar-refractivity contribution < 1.29 is 8.42 Å². The molecule has 0 aliphatic rings. The number of aryl methyl sites for hydroxylation is 2. The molecule has 0 saturated carbocycles. The number of nitrogens with two attached hydrogens (primary N) is 1. The van der Waals surface area contributed by atoms with Crippen molar-refractivity contribution in [3.63, 3.8) is 0 Å². The van der Waals surface area contributed by atoms with E-state index in [1.54, 1.807) is 44.2 Å². The summed E-state index contributed by atoms with van der Waals surface area (Å²) in [5.74, 6) is 0. The largest absolute Gasteiger partial charge is 0.399 e. The Kier molecular flexibility index (Phi) is 3.87. The van der Waals surface area contributed by atoms with Crippen molar-refractivity contribution in [1.82, 2.24) is 0 Å². The summed E-state index contributed by atoms with van der Waals surface area (Å²) < 4.78 is 27.5. The summed E-state index contributed by atoms with van der Waals surface area (Å²) in [4.78, 5) is 0.0952. The van der Waals surface area contributed by atoms with E-state index in [1.165, 1.54) is 6.07 Å². The Labute approximate surface area is 124 Å². The molecule has 0 bridgehead atoms. The Bertz CT molecular complexity index is 836. The van der Waals surface area contributed by atoms with E-state index < -0.39 is 10.0 Å². The second-order valence-corrected chi connectivity index (χ2v) is 6.42.